The second-order valence-corrected chi connectivity index (χ2v) is 2.82. The smallest absolute Gasteiger partial charge is 0.152 e. The molecular formula is C10H6ClN. The van der Waals surface area contributed by atoms with Crippen LogP contribution in [0.15, 0.2) is 18.2 Å². The van der Waals surface area contributed by atoms with Gasteiger partial charge in [-0.15, -0.1) is 0 Å². The van der Waals surface area contributed by atoms with Crippen molar-refractivity contribution < 1.29 is 0 Å². The van der Waals surface area contributed by atoms with Crippen LogP contribution >= 0.6 is 11.6 Å². The van der Waals surface area contributed by atoms with Crippen LogP contribution in [0.5, 0.6) is 0 Å². The Labute approximate surface area is 76.6 Å². The molecule has 0 aliphatic rings. The lowest BCUT2D eigenvalue weighted by atomic mass is 10.1. The number of nitriles is 1. The van der Waals surface area contributed by atoms with Gasteiger partial charge in [0.2, 0.25) is 0 Å². The van der Waals surface area contributed by atoms with Crippen molar-refractivity contribution in [2.45, 2.75) is 6.92 Å². The molecule has 0 saturated carbocycles. The number of rotatable bonds is 0. The minimum Gasteiger partial charge on any atom is -0.183 e. The number of hydrogen-bond acceptors (Lipinski definition) is 1. The molecule has 58 valence electrons. The molecule has 0 amide bonds. The van der Waals surface area contributed by atoms with Gasteiger partial charge in [-0.2, -0.15) is 5.26 Å². The zero-order chi connectivity index (χ0) is 8.97. The summed E-state index contributed by atoms with van der Waals surface area (Å²) in [5.41, 5.74) is 1.83. The first-order chi connectivity index (χ1) is 5.72. The quantitative estimate of drug-likeness (QED) is 0.556. The Morgan fingerprint density at radius 1 is 1.33 bits per heavy atom. The van der Waals surface area contributed by atoms with Crippen molar-refractivity contribution >= 4 is 11.6 Å². The maximum absolute atomic E-state index is 8.21. The molecule has 0 aliphatic heterocycles. The fraction of sp³-hybridized carbons (Fsp3) is 0.100. The van der Waals surface area contributed by atoms with E-state index in [4.69, 9.17) is 16.9 Å². The first kappa shape index (κ1) is 8.65. The third kappa shape index (κ3) is 2.31. The van der Waals surface area contributed by atoms with E-state index in [1.54, 1.807) is 12.1 Å². The monoisotopic (exact) mass is 175 g/mol. The predicted octanol–water partition coefficient (Wildman–Crippen LogP) is 2.52. The molecule has 1 aromatic rings. The van der Waals surface area contributed by atoms with Gasteiger partial charge in [-0.1, -0.05) is 17.5 Å². The molecule has 0 N–H and O–H groups in total. The summed E-state index contributed by atoms with van der Waals surface area (Å²) in [6.45, 7) is 1.93. The zero-order valence-corrected chi connectivity index (χ0v) is 7.31. The van der Waals surface area contributed by atoms with E-state index in [1.165, 1.54) is 0 Å². The Morgan fingerprint density at radius 2 is 2.08 bits per heavy atom. The van der Waals surface area contributed by atoms with Crippen LogP contribution in [0.4, 0.5) is 0 Å². The van der Waals surface area contributed by atoms with E-state index in [1.807, 2.05) is 19.1 Å². The van der Waals surface area contributed by atoms with E-state index >= 15 is 0 Å². The van der Waals surface area contributed by atoms with E-state index in [9.17, 15) is 0 Å². The highest BCUT2D eigenvalue weighted by Crippen LogP contribution is 2.13. The van der Waals surface area contributed by atoms with Crippen molar-refractivity contribution in [3.63, 3.8) is 0 Å². The predicted molar refractivity (Wildman–Crippen MR) is 48.7 cm³/mol. The Balaban J connectivity index is 3.11. The van der Waals surface area contributed by atoms with Gasteiger partial charge in [0.05, 0.1) is 0 Å². The van der Waals surface area contributed by atoms with E-state index in [0.29, 0.717) is 5.02 Å². The highest BCUT2D eigenvalue weighted by atomic mass is 35.5. The Kier molecular flexibility index (Phi) is 2.75. The molecule has 0 spiro atoms. The average Bonchev–Trinajstić information content (AvgIpc) is 1.99. The SMILES string of the molecule is Cc1cc(Cl)cc(C#CC#N)c1. The minimum absolute atomic E-state index is 0.650. The van der Waals surface area contributed by atoms with Gasteiger partial charge in [0, 0.05) is 16.5 Å². The summed E-state index contributed by atoms with van der Waals surface area (Å²) in [7, 11) is 0. The van der Waals surface area contributed by atoms with Crippen LogP contribution in [-0.2, 0) is 0 Å². The largest absolute Gasteiger partial charge is 0.183 e. The van der Waals surface area contributed by atoms with Crippen molar-refractivity contribution in [3.05, 3.63) is 34.3 Å². The van der Waals surface area contributed by atoms with Crippen molar-refractivity contribution in [3.8, 4) is 17.9 Å². The van der Waals surface area contributed by atoms with Crippen LogP contribution in [0.1, 0.15) is 11.1 Å². The molecule has 1 nitrogen and oxygen atoms in total. The fourth-order valence-electron chi connectivity index (χ4n) is 0.909. The fourth-order valence-corrected chi connectivity index (χ4v) is 1.20. The molecular weight excluding hydrogens is 170 g/mol. The second kappa shape index (κ2) is 3.81. The van der Waals surface area contributed by atoms with Crippen molar-refractivity contribution in [1.82, 2.24) is 0 Å². The number of hydrogen-bond donors (Lipinski definition) is 0. The van der Waals surface area contributed by atoms with Gasteiger partial charge in [0.1, 0.15) is 0 Å². The Bertz CT molecular complexity index is 370. The van der Waals surface area contributed by atoms with Crippen LogP contribution in [-0.4, -0.2) is 0 Å². The zero-order valence-electron chi connectivity index (χ0n) is 6.56. The first-order valence-electron chi connectivity index (χ1n) is 3.39. The van der Waals surface area contributed by atoms with Crippen LogP contribution in [0.2, 0.25) is 5.02 Å². The summed E-state index contributed by atoms with van der Waals surface area (Å²) in [4.78, 5) is 0. The van der Waals surface area contributed by atoms with Crippen LogP contribution in [0.25, 0.3) is 0 Å². The maximum atomic E-state index is 8.21. The summed E-state index contributed by atoms with van der Waals surface area (Å²) in [5, 5.41) is 8.86. The Hall–Kier alpha value is -1.44. The molecule has 2 heteroatoms. The van der Waals surface area contributed by atoms with Gasteiger partial charge >= 0.3 is 0 Å². The van der Waals surface area contributed by atoms with E-state index in [2.05, 4.69) is 11.8 Å². The Morgan fingerprint density at radius 3 is 2.67 bits per heavy atom. The van der Waals surface area contributed by atoms with E-state index in [-0.39, 0.29) is 0 Å². The highest BCUT2D eigenvalue weighted by Gasteiger charge is 1.92. The number of benzene rings is 1. The average molecular weight is 176 g/mol. The molecule has 0 fully saturated rings. The van der Waals surface area contributed by atoms with E-state index in [0.717, 1.165) is 11.1 Å². The van der Waals surface area contributed by atoms with Gasteiger partial charge in [0.25, 0.3) is 0 Å². The first-order valence-corrected chi connectivity index (χ1v) is 3.77. The third-order valence-electron chi connectivity index (χ3n) is 1.30. The van der Waals surface area contributed by atoms with E-state index < -0.39 is 0 Å². The molecule has 0 bridgehead atoms. The molecule has 0 atom stereocenters. The molecule has 0 aromatic heterocycles. The molecule has 0 heterocycles. The van der Waals surface area contributed by atoms with Crippen LogP contribution in [0.3, 0.4) is 0 Å². The van der Waals surface area contributed by atoms with Gasteiger partial charge in [0.15, 0.2) is 6.07 Å². The molecule has 12 heavy (non-hydrogen) atoms. The topological polar surface area (TPSA) is 23.8 Å². The third-order valence-corrected chi connectivity index (χ3v) is 1.52. The molecule has 0 aliphatic carbocycles. The summed E-state index contributed by atoms with van der Waals surface area (Å²) >= 11 is 5.78. The lowest BCUT2D eigenvalue weighted by Gasteiger charge is -1.94. The number of aryl methyl sites for hydroxylation is 1. The second-order valence-electron chi connectivity index (χ2n) is 2.38. The maximum Gasteiger partial charge on any atom is 0.152 e. The van der Waals surface area contributed by atoms with Gasteiger partial charge < -0.3 is 0 Å². The highest BCUT2D eigenvalue weighted by molar-refractivity contribution is 6.30. The van der Waals surface area contributed by atoms with Crippen molar-refractivity contribution in [1.29, 1.82) is 5.26 Å². The summed E-state index contributed by atoms with van der Waals surface area (Å²) in [6, 6.07) is 7.22. The number of nitrogens with zero attached hydrogens (tertiary/aromatic N) is 1. The lowest BCUT2D eigenvalue weighted by Crippen LogP contribution is -1.77. The minimum atomic E-state index is 0.650. The van der Waals surface area contributed by atoms with Crippen molar-refractivity contribution in [2.24, 2.45) is 0 Å². The van der Waals surface area contributed by atoms with Gasteiger partial charge in [-0.3, -0.25) is 0 Å². The summed E-state index contributed by atoms with van der Waals surface area (Å²) < 4.78 is 0. The summed E-state index contributed by atoms with van der Waals surface area (Å²) in [5.74, 6) is 5.00. The molecule has 0 unspecified atom stereocenters. The molecule has 1 rings (SSSR count). The molecule has 0 saturated heterocycles. The molecule has 0 radical (unpaired) electrons. The van der Waals surface area contributed by atoms with Gasteiger partial charge in [-0.25, -0.2) is 0 Å². The summed E-state index contributed by atoms with van der Waals surface area (Å²) in [6.07, 6.45) is 0. The lowest BCUT2D eigenvalue weighted by molar-refractivity contribution is 1.45. The van der Waals surface area contributed by atoms with Crippen LogP contribution < -0.4 is 0 Å². The number of halogens is 1. The van der Waals surface area contributed by atoms with Crippen molar-refractivity contribution in [2.75, 3.05) is 0 Å². The standard InChI is InChI=1S/C10H6ClN/c1-8-5-9(3-2-4-12)7-10(11)6-8/h5-7H,1H3. The normalized spacial score (nSPS) is 8.08. The van der Waals surface area contributed by atoms with Crippen LogP contribution in [0, 0.1) is 30.1 Å². The molecule has 1 aromatic carbocycles. The van der Waals surface area contributed by atoms with Gasteiger partial charge in [-0.05, 0) is 30.7 Å².